The number of rotatable bonds is 6. The Morgan fingerprint density at radius 3 is 1.52 bits per heavy atom. The fraction of sp³-hybridized carbons (Fsp3) is 0.556. The van der Waals surface area contributed by atoms with Gasteiger partial charge in [0.05, 0.1) is 0 Å². The first kappa shape index (κ1) is 21.3. The van der Waals surface area contributed by atoms with Crippen LogP contribution in [0.1, 0.15) is 53.4 Å². The maximum absolute atomic E-state index is 2.39. The van der Waals surface area contributed by atoms with Gasteiger partial charge in [0.1, 0.15) is 0 Å². The minimum absolute atomic E-state index is 0. The average molecular weight is 363 g/mol. The van der Waals surface area contributed by atoms with Crippen molar-refractivity contribution in [3.63, 3.8) is 0 Å². The molecule has 2 rings (SSSR count). The fourth-order valence-electron chi connectivity index (χ4n) is 2.81. The molecule has 3 heteroatoms. The summed E-state index contributed by atoms with van der Waals surface area (Å²) in [5.41, 5.74) is 3.33. The van der Waals surface area contributed by atoms with Gasteiger partial charge < -0.3 is 0 Å². The Kier molecular flexibility index (Phi) is 10.2. The maximum Gasteiger partial charge on any atom is -0.147 e. The summed E-state index contributed by atoms with van der Waals surface area (Å²) in [5.74, 6) is 1.57. The molecule has 0 heterocycles. The van der Waals surface area contributed by atoms with Gasteiger partial charge >= 0.3 is 128 Å². The topological polar surface area (TPSA) is 0 Å². The minimum Gasteiger partial charge on any atom is -0.147 e. The van der Waals surface area contributed by atoms with E-state index in [0.29, 0.717) is 0 Å². The summed E-state index contributed by atoms with van der Waals surface area (Å²) in [4.78, 5) is 0. The first-order valence-corrected chi connectivity index (χ1v) is 9.16. The van der Waals surface area contributed by atoms with Gasteiger partial charge in [0.25, 0.3) is 0 Å². The molecule has 0 aromatic heterocycles. The van der Waals surface area contributed by atoms with Crippen LogP contribution in [0.5, 0.6) is 0 Å². The zero-order valence-corrected chi connectivity index (χ0v) is 16.8. The molecule has 0 N–H and O–H groups in total. The smallest absolute Gasteiger partial charge is 0.147 e. The molecule has 0 radical (unpaired) electrons. The van der Waals surface area contributed by atoms with Gasteiger partial charge in [-0.1, -0.05) is 0 Å². The normalized spacial score (nSPS) is 16.9. The molecule has 0 atom stereocenters. The van der Waals surface area contributed by atoms with Crippen LogP contribution in [0.15, 0.2) is 43.2 Å². The number of hydrogen-bond donors (Lipinski definition) is 0. The van der Waals surface area contributed by atoms with Crippen molar-refractivity contribution in [2.45, 2.75) is 53.4 Å². The van der Waals surface area contributed by atoms with Crippen molar-refractivity contribution < 1.29 is 19.2 Å². The van der Waals surface area contributed by atoms with Crippen molar-refractivity contribution in [1.82, 2.24) is 0 Å². The van der Waals surface area contributed by atoms with Crippen molar-refractivity contribution >= 4 is 24.8 Å². The number of halogens is 2. The summed E-state index contributed by atoms with van der Waals surface area (Å²) >= 11 is -0.0429. The minimum atomic E-state index is -0.0429. The quantitative estimate of drug-likeness (QED) is 0.477. The van der Waals surface area contributed by atoms with E-state index in [2.05, 4.69) is 52.0 Å². The molecule has 0 aromatic carbocycles. The maximum atomic E-state index is 2.39. The van der Waals surface area contributed by atoms with Gasteiger partial charge in [-0.2, -0.15) is 0 Å². The Morgan fingerprint density at radius 1 is 0.810 bits per heavy atom. The molecule has 0 amide bonds. The van der Waals surface area contributed by atoms with Gasteiger partial charge in [0, 0.05) is 0 Å². The Bertz CT molecular complexity index is 412. The van der Waals surface area contributed by atoms with Crippen LogP contribution >= 0.6 is 24.8 Å². The standard InChI is InChI=1S/2C9H13.2ClH.Ti/c2*1-8(2)7-9-5-3-4-6-9;;;/h2*3,5,8H,4,7H2,1-2H3;2*1H;. The van der Waals surface area contributed by atoms with E-state index in [9.17, 15) is 0 Å². The number of hydrogen-bond acceptors (Lipinski definition) is 0. The van der Waals surface area contributed by atoms with Crippen LogP contribution in [-0.4, -0.2) is 0 Å². The predicted molar refractivity (Wildman–Crippen MR) is 95.0 cm³/mol. The summed E-state index contributed by atoms with van der Waals surface area (Å²) in [6.07, 6.45) is 14.6. The van der Waals surface area contributed by atoms with E-state index in [-0.39, 0.29) is 44.0 Å². The molecular weight excluding hydrogens is 335 g/mol. The summed E-state index contributed by atoms with van der Waals surface area (Å²) in [5, 5.41) is 0. The Hall–Kier alpha value is 0.254. The van der Waals surface area contributed by atoms with Gasteiger partial charge in [-0.05, 0) is 0 Å². The van der Waals surface area contributed by atoms with Crippen LogP contribution in [0.25, 0.3) is 0 Å². The Balaban J connectivity index is 0.00000200. The summed E-state index contributed by atoms with van der Waals surface area (Å²) in [6.45, 7) is 9.32. The van der Waals surface area contributed by atoms with Crippen molar-refractivity contribution in [2.75, 3.05) is 0 Å². The van der Waals surface area contributed by atoms with Crippen LogP contribution in [-0.2, 0) is 19.2 Å². The zero-order valence-electron chi connectivity index (χ0n) is 13.6. The second-order valence-electron chi connectivity index (χ2n) is 6.54. The predicted octanol–water partition coefficient (Wildman–Crippen LogP) is 6.43. The zero-order chi connectivity index (χ0) is 13.8. The van der Waals surface area contributed by atoms with Crippen LogP contribution in [0.4, 0.5) is 0 Å². The molecule has 118 valence electrons. The third-order valence-electron chi connectivity index (χ3n) is 3.62. The molecule has 2 aliphatic rings. The molecule has 0 unspecified atom stereocenters. The Morgan fingerprint density at radius 2 is 1.19 bits per heavy atom. The van der Waals surface area contributed by atoms with Crippen LogP contribution < -0.4 is 0 Å². The average Bonchev–Trinajstić information content (AvgIpc) is 2.89. The largest absolute Gasteiger partial charge is 0.147 e. The summed E-state index contributed by atoms with van der Waals surface area (Å²) < 4.78 is 3.60. The molecule has 0 saturated heterocycles. The van der Waals surface area contributed by atoms with Crippen molar-refractivity contribution in [3.05, 3.63) is 43.2 Å². The second-order valence-corrected chi connectivity index (χ2v) is 8.82. The van der Waals surface area contributed by atoms with E-state index < -0.39 is 0 Å². The molecular formula is C18H28Cl2Ti. The molecule has 0 aliphatic heterocycles. The van der Waals surface area contributed by atoms with Gasteiger partial charge in [-0.15, -0.1) is 24.8 Å². The van der Waals surface area contributed by atoms with Crippen molar-refractivity contribution in [1.29, 1.82) is 0 Å². The first-order chi connectivity index (χ1) is 9.06. The Labute approximate surface area is 152 Å². The van der Waals surface area contributed by atoms with Crippen molar-refractivity contribution in [2.24, 2.45) is 11.8 Å². The molecule has 0 spiro atoms. The molecule has 2 aliphatic carbocycles. The van der Waals surface area contributed by atoms with Gasteiger partial charge in [-0.3, -0.25) is 0 Å². The van der Waals surface area contributed by atoms with Crippen LogP contribution in [0.3, 0.4) is 0 Å². The fourth-order valence-corrected chi connectivity index (χ4v) is 5.14. The van der Waals surface area contributed by atoms with Crippen LogP contribution in [0.2, 0.25) is 0 Å². The third kappa shape index (κ3) is 6.49. The third-order valence-corrected chi connectivity index (χ3v) is 6.20. The van der Waals surface area contributed by atoms with E-state index in [1.54, 1.807) is 18.9 Å². The first-order valence-electron chi connectivity index (χ1n) is 7.60. The van der Waals surface area contributed by atoms with E-state index in [4.69, 9.17) is 0 Å². The number of allylic oxidation sites excluding steroid dienone is 8. The van der Waals surface area contributed by atoms with E-state index >= 15 is 0 Å². The van der Waals surface area contributed by atoms with Gasteiger partial charge in [-0.25, -0.2) is 0 Å². The second kappa shape index (κ2) is 10.1. The molecule has 0 fully saturated rings. The SMILES string of the molecule is CC(C)CC1=[C]([Ti][C]2=C(CC(C)C)C=CC2)CC=C1.Cl.Cl. The van der Waals surface area contributed by atoms with Crippen LogP contribution in [0, 0.1) is 11.8 Å². The summed E-state index contributed by atoms with van der Waals surface area (Å²) in [6, 6.07) is 0. The molecule has 0 bridgehead atoms. The monoisotopic (exact) mass is 362 g/mol. The van der Waals surface area contributed by atoms with E-state index in [1.807, 2.05) is 0 Å². The van der Waals surface area contributed by atoms with E-state index in [1.165, 1.54) is 25.7 Å². The van der Waals surface area contributed by atoms with Gasteiger partial charge in [0.2, 0.25) is 0 Å². The molecule has 0 saturated carbocycles. The molecule has 0 aromatic rings. The van der Waals surface area contributed by atoms with E-state index in [0.717, 1.165) is 11.8 Å². The van der Waals surface area contributed by atoms with Gasteiger partial charge in [0.15, 0.2) is 0 Å². The molecule has 21 heavy (non-hydrogen) atoms. The summed E-state index contributed by atoms with van der Waals surface area (Å²) in [7, 11) is 0. The molecule has 0 nitrogen and oxygen atoms in total. The van der Waals surface area contributed by atoms with Crippen molar-refractivity contribution in [3.8, 4) is 0 Å².